The second kappa shape index (κ2) is 18.2. The Bertz CT molecular complexity index is 1340. The van der Waals surface area contributed by atoms with E-state index in [1.54, 1.807) is 30.5 Å². The van der Waals surface area contributed by atoms with Crippen LogP contribution in [0.4, 0.5) is 0 Å². The van der Waals surface area contributed by atoms with Crippen molar-refractivity contribution in [2.75, 3.05) is 32.8 Å². The second-order valence-corrected chi connectivity index (χ2v) is 9.99. The molecule has 18 heteroatoms. The fraction of sp³-hybridized carbons (Fsp3) is 0.481. The number of aliphatic hydroxyl groups excluding tert-OH is 2. The van der Waals surface area contributed by atoms with Gasteiger partial charge in [-0.25, -0.2) is 4.79 Å². The average molecular weight is 636 g/mol. The van der Waals surface area contributed by atoms with E-state index >= 15 is 0 Å². The molecular formula is C27H41N9O9. The zero-order chi connectivity index (χ0) is 33.5. The van der Waals surface area contributed by atoms with Crippen LogP contribution in [0, 0.1) is 0 Å². The first-order chi connectivity index (χ1) is 21.5. The number of carbonyl (C=O) groups is 6. The molecule has 0 radical (unpaired) electrons. The van der Waals surface area contributed by atoms with Gasteiger partial charge in [0.1, 0.15) is 30.2 Å². The zero-order valence-electron chi connectivity index (χ0n) is 24.5. The van der Waals surface area contributed by atoms with Crippen LogP contribution in [0.3, 0.4) is 0 Å². The molecule has 45 heavy (non-hydrogen) atoms. The smallest absolute Gasteiger partial charge is 0.326 e. The Morgan fingerprint density at radius 2 is 1.18 bits per heavy atom. The molecule has 0 saturated carbocycles. The molecule has 5 amide bonds. The van der Waals surface area contributed by atoms with E-state index < -0.39 is 85.5 Å². The highest BCUT2D eigenvalue weighted by Gasteiger charge is 2.32. The Balaban J connectivity index is 2.26. The zero-order valence-corrected chi connectivity index (χ0v) is 24.5. The number of rotatable bonds is 19. The largest absolute Gasteiger partial charge is 0.480 e. The number of aromatic nitrogens is 1. The number of H-pyrrole nitrogens is 1. The predicted octanol–water partition coefficient (Wildman–Crippen LogP) is -5.14. The first-order valence-corrected chi connectivity index (χ1v) is 14.1. The molecule has 0 bridgehead atoms. The molecule has 1 aromatic carbocycles. The van der Waals surface area contributed by atoms with Crippen LogP contribution in [0.2, 0.25) is 0 Å². The molecule has 248 valence electrons. The molecular weight excluding hydrogens is 594 g/mol. The second-order valence-electron chi connectivity index (χ2n) is 9.99. The highest BCUT2D eigenvalue weighted by Crippen LogP contribution is 2.19. The minimum Gasteiger partial charge on any atom is -0.480 e. The molecule has 15 N–H and O–H groups in total. The van der Waals surface area contributed by atoms with Gasteiger partial charge < -0.3 is 64.1 Å². The van der Waals surface area contributed by atoms with Crippen molar-refractivity contribution in [2.45, 2.75) is 49.5 Å². The summed E-state index contributed by atoms with van der Waals surface area (Å²) in [5.41, 5.74) is 17.6. The molecule has 5 atom stereocenters. The van der Waals surface area contributed by atoms with E-state index in [2.05, 4.69) is 31.6 Å². The van der Waals surface area contributed by atoms with Crippen molar-refractivity contribution in [3.63, 3.8) is 0 Å². The number of nitrogens with two attached hydrogens (primary N) is 3. The minimum atomic E-state index is -1.61. The minimum absolute atomic E-state index is 0.0293. The van der Waals surface area contributed by atoms with Gasteiger partial charge >= 0.3 is 5.97 Å². The number of aliphatic hydroxyl groups is 2. The summed E-state index contributed by atoms with van der Waals surface area (Å²) in [6.45, 7) is -2.28. The number of hydrogen-bond acceptors (Lipinski definition) is 11. The highest BCUT2D eigenvalue weighted by atomic mass is 16.4. The maximum absolute atomic E-state index is 13.5. The Hall–Kier alpha value is -4.62. The van der Waals surface area contributed by atoms with Crippen LogP contribution in [0.25, 0.3) is 10.9 Å². The summed E-state index contributed by atoms with van der Waals surface area (Å²) in [7, 11) is 0. The lowest BCUT2D eigenvalue weighted by Gasteiger charge is -2.26. The van der Waals surface area contributed by atoms with E-state index in [1.807, 2.05) is 0 Å². The number of hydrogen-bond donors (Lipinski definition) is 12. The molecule has 0 saturated heterocycles. The van der Waals surface area contributed by atoms with Crippen molar-refractivity contribution in [2.24, 2.45) is 17.2 Å². The molecule has 1 heterocycles. The molecule has 18 nitrogen and oxygen atoms in total. The topological polar surface area (TPSA) is 317 Å². The summed E-state index contributed by atoms with van der Waals surface area (Å²) >= 11 is 0. The SMILES string of the molecule is NCC[C@H](NC(=O)[C@H](CO)NC(=O)[C@@H](Cc1c[nH]c2ccccc12)NC(=O)[C@@H](CO)NC(=O)CN)C(=O)N[C@H](CCN)C(=O)O. The Morgan fingerprint density at radius 3 is 1.76 bits per heavy atom. The van der Waals surface area contributed by atoms with E-state index in [0.29, 0.717) is 5.56 Å². The van der Waals surface area contributed by atoms with Crippen LogP contribution in [0.15, 0.2) is 30.5 Å². The van der Waals surface area contributed by atoms with Crippen LogP contribution in [-0.4, -0.2) is 119 Å². The first-order valence-electron chi connectivity index (χ1n) is 14.1. The van der Waals surface area contributed by atoms with Crippen molar-refractivity contribution < 1.29 is 44.1 Å². The van der Waals surface area contributed by atoms with E-state index in [1.165, 1.54) is 0 Å². The summed E-state index contributed by atoms with van der Waals surface area (Å²) in [4.78, 5) is 78.4. The number of aromatic amines is 1. The monoisotopic (exact) mass is 635 g/mol. The van der Waals surface area contributed by atoms with Gasteiger partial charge in [-0.15, -0.1) is 0 Å². The molecule has 0 fully saturated rings. The lowest BCUT2D eigenvalue weighted by molar-refractivity contribution is -0.142. The molecule has 0 spiro atoms. The molecule has 0 aliphatic carbocycles. The number of nitrogens with one attached hydrogen (secondary N) is 6. The van der Waals surface area contributed by atoms with Crippen molar-refractivity contribution >= 4 is 46.4 Å². The van der Waals surface area contributed by atoms with E-state index in [0.717, 1.165) is 10.9 Å². The number of benzene rings is 1. The summed E-state index contributed by atoms with van der Waals surface area (Å²) in [6, 6.07) is 0.0773. The quantitative estimate of drug-likeness (QED) is 0.0689. The lowest BCUT2D eigenvalue weighted by atomic mass is 10.0. The van der Waals surface area contributed by atoms with Gasteiger partial charge in [0.2, 0.25) is 29.5 Å². The standard InChI is InChI=1S/C27H41N9O9/c28-7-5-17(23(40)34-18(6-8-29)27(44)45)33-26(43)21(13-38)36-24(41)19(35-25(42)20(12-37)32-22(39)10-30)9-14-11-31-16-4-2-1-3-15(14)16/h1-4,11,17-21,31,37-38H,5-10,12-13,28-30H2,(H,32,39)(H,33,43)(H,34,40)(H,35,42)(H,36,41)(H,44,45)/t17-,18+,19+,20+,21-/m0/s1. The maximum atomic E-state index is 13.5. The van der Waals surface area contributed by atoms with Gasteiger partial charge in [-0.05, 0) is 37.6 Å². The van der Waals surface area contributed by atoms with Gasteiger partial charge in [0.05, 0.1) is 19.8 Å². The third-order valence-corrected chi connectivity index (χ3v) is 6.73. The fourth-order valence-corrected chi connectivity index (χ4v) is 4.32. The van der Waals surface area contributed by atoms with Gasteiger partial charge in [0.25, 0.3) is 0 Å². The number of carbonyl (C=O) groups excluding carboxylic acids is 5. The first kappa shape index (κ1) is 36.6. The molecule has 1 aromatic heterocycles. The number of amides is 5. The van der Waals surface area contributed by atoms with Crippen LogP contribution >= 0.6 is 0 Å². The van der Waals surface area contributed by atoms with E-state index in [-0.39, 0.29) is 32.4 Å². The normalized spacial score (nSPS) is 14.3. The van der Waals surface area contributed by atoms with Crippen LogP contribution in [0.1, 0.15) is 18.4 Å². The number of carboxylic acids is 1. The molecule has 0 unspecified atom stereocenters. The van der Waals surface area contributed by atoms with Crippen LogP contribution < -0.4 is 43.8 Å². The lowest BCUT2D eigenvalue weighted by Crippen LogP contribution is -2.60. The van der Waals surface area contributed by atoms with Crippen molar-refractivity contribution in [1.82, 2.24) is 31.6 Å². The van der Waals surface area contributed by atoms with Gasteiger partial charge in [-0.2, -0.15) is 0 Å². The van der Waals surface area contributed by atoms with Crippen LogP contribution in [0.5, 0.6) is 0 Å². The summed E-state index contributed by atoms with van der Waals surface area (Å²) < 4.78 is 0. The van der Waals surface area contributed by atoms with Crippen molar-refractivity contribution in [1.29, 1.82) is 0 Å². The summed E-state index contributed by atoms with van der Waals surface area (Å²) in [6.07, 6.45) is 1.34. The van der Waals surface area contributed by atoms with Gasteiger partial charge in [0, 0.05) is 23.5 Å². The Morgan fingerprint density at radius 1 is 0.689 bits per heavy atom. The highest BCUT2D eigenvalue weighted by molar-refractivity contribution is 5.96. The fourth-order valence-electron chi connectivity index (χ4n) is 4.32. The van der Waals surface area contributed by atoms with Crippen LogP contribution in [-0.2, 0) is 35.2 Å². The maximum Gasteiger partial charge on any atom is 0.326 e. The van der Waals surface area contributed by atoms with E-state index in [4.69, 9.17) is 17.2 Å². The van der Waals surface area contributed by atoms with Crippen molar-refractivity contribution in [3.05, 3.63) is 36.0 Å². The Kier molecular flexibility index (Phi) is 14.8. The van der Waals surface area contributed by atoms with Crippen molar-refractivity contribution in [3.8, 4) is 0 Å². The third-order valence-electron chi connectivity index (χ3n) is 6.73. The molecule has 0 aliphatic rings. The number of para-hydroxylation sites is 1. The van der Waals surface area contributed by atoms with E-state index in [9.17, 15) is 44.1 Å². The predicted molar refractivity (Wildman–Crippen MR) is 160 cm³/mol. The summed E-state index contributed by atoms with van der Waals surface area (Å²) in [5.74, 6) is -5.76. The van der Waals surface area contributed by atoms with Gasteiger partial charge in [-0.1, -0.05) is 18.2 Å². The number of fused-ring (bicyclic) bond motifs is 1. The molecule has 0 aliphatic heterocycles. The van der Waals surface area contributed by atoms with Gasteiger partial charge in [0.15, 0.2) is 0 Å². The molecule has 2 aromatic rings. The number of aliphatic carboxylic acids is 1. The summed E-state index contributed by atoms with van der Waals surface area (Å²) in [5, 5.41) is 41.3. The Labute approximate surface area is 257 Å². The average Bonchev–Trinajstić information content (AvgIpc) is 3.43. The third kappa shape index (κ3) is 10.8. The number of carboxylic acid groups (broad SMARTS) is 1. The molecule has 2 rings (SSSR count). The van der Waals surface area contributed by atoms with Gasteiger partial charge in [-0.3, -0.25) is 24.0 Å².